The van der Waals surface area contributed by atoms with Crippen molar-refractivity contribution in [1.82, 2.24) is 0 Å². The number of benzene rings is 2. The van der Waals surface area contributed by atoms with E-state index in [1.54, 1.807) is 24.3 Å². The third-order valence-electron chi connectivity index (χ3n) is 1.42. The molecule has 0 fully saturated rings. The van der Waals surface area contributed by atoms with E-state index in [1.807, 2.05) is 42.5 Å². The minimum Gasteiger partial charge on any atom is -0.508 e. The second-order valence-corrected chi connectivity index (χ2v) is 2.49. The van der Waals surface area contributed by atoms with E-state index in [0.717, 1.165) is 0 Å². The molecule has 2 heteroatoms. The van der Waals surface area contributed by atoms with Crippen LogP contribution in [0.2, 0.25) is 0 Å². The van der Waals surface area contributed by atoms with Crippen molar-refractivity contribution in [2.45, 2.75) is 0 Å². The summed E-state index contributed by atoms with van der Waals surface area (Å²) in [5, 5.41) is 8.63. The molecule has 0 aliphatic carbocycles. The maximum Gasteiger partial charge on any atom is 0.115 e. The van der Waals surface area contributed by atoms with Gasteiger partial charge < -0.3 is 10.6 Å². The van der Waals surface area contributed by atoms with Gasteiger partial charge in [-0.3, -0.25) is 0 Å². The zero-order valence-corrected chi connectivity index (χ0v) is 7.80. The van der Waals surface area contributed by atoms with E-state index in [0.29, 0.717) is 5.75 Å². The van der Waals surface area contributed by atoms with Crippen molar-refractivity contribution in [3.05, 3.63) is 66.7 Å². The van der Waals surface area contributed by atoms with E-state index in [9.17, 15) is 0 Å². The van der Waals surface area contributed by atoms with Crippen LogP contribution in [0.4, 0.5) is 0 Å². The zero-order chi connectivity index (χ0) is 9.36. The monoisotopic (exact) mass is 190 g/mol. The Morgan fingerprint density at radius 1 is 0.571 bits per heavy atom. The van der Waals surface area contributed by atoms with Crippen LogP contribution in [0.3, 0.4) is 0 Å². The number of phenolic OH excluding ortho intramolecular Hbond substituents is 1. The minimum atomic E-state index is 0. The van der Waals surface area contributed by atoms with Gasteiger partial charge in [-0.05, 0) is 12.1 Å². The lowest BCUT2D eigenvalue weighted by atomic mass is 10.3. The summed E-state index contributed by atoms with van der Waals surface area (Å²) in [6.07, 6.45) is 0. The lowest BCUT2D eigenvalue weighted by molar-refractivity contribution is 0.475. The van der Waals surface area contributed by atoms with Gasteiger partial charge in [0.1, 0.15) is 5.75 Å². The second-order valence-electron chi connectivity index (χ2n) is 2.49. The van der Waals surface area contributed by atoms with Gasteiger partial charge in [-0.25, -0.2) is 0 Å². The summed E-state index contributed by atoms with van der Waals surface area (Å²) in [5.41, 5.74) is 0. The lowest BCUT2D eigenvalue weighted by Crippen LogP contribution is -1.56. The van der Waals surface area contributed by atoms with Crippen molar-refractivity contribution in [2.24, 2.45) is 0 Å². The summed E-state index contributed by atoms with van der Waals surface area (Å²) in [6, 6.07) is 20.7. The smallest absolute Gasteiger partial charge is 0.115 e. The van der Waals surface area contributed by atoms with E-state index >= 15 is 0 Å². The van der Waals surface area contributed by atoms with Gasteiger partial charge in [-0.1, -0.05) is 54.6 Å². The molecule has 0 saturated carbocycles. The molecule has 0 amide bonds. The molecule has 0 saturated heterocycles. The quantitative estimate of drug-likeness (QED) is 0.680. The van der Waals surface area contributed by atoms with Gasteiger partial charge >= 0.3 is 0 Å². The zero-order valence-electron chi connectivity index (χ0n) is 7.80. The van der Waals surface area contributed by atoms with E-state index < -0.39 is 0 Å². The highest BCUT2D eigenvalue weighted by Gasteiger charge is 1.74. The van der Waals surface area contributed by atoms with Gasteiger partial charge in [-0.2, -0.15) is 0 Å². The third kappa shape index (κ3) is 5.80. The molecular formula is C12H14O2. The summed E-state index contributed by atoms with van der Waals surface area (Å²) in [7, 11) is 0. The van der Waals surface area contributed by atoms with Crippen LogP contribution in [0.25, 0.3) is 0 Å². The highest BCUT2D eigenvalue weighted by atomic mass is 16.3. The Morgan fingerprint density at radius 3 is 1.07 bits per heavy atom. The van der Waals surface area contributed by atoms with Crippen molar-refractivity contribution in [1.29, 1.82) is 0 Å². The van der Waals surface area contributed by atoms with Crippen LogP contribution in [0.1, 0.15) is 0 Å². The Bertz CT molecular complexity index is 279. The van der Waals surface area contributed by atoms with Crippen LogP contribution in [0, 0.1) is 0 Å². The highest BCUT2D eigenvalue weighted by Crippen LogP contribution is 2.02. The number of hydrogen-bond acceptors (Lipinski definition) is 1. The average molecular weight is 190 g/mol. The van der Waals surface area contributed by atoms with Crippen LogP contribution < -0.4 is 0 Å². The Morgan fingerprint density at radius 2 is 0.857 bits per heavy atom. The van der Waals surface area contributed by atoms with Gasteiger partial charge in [0.25, 0.3) is 0 Å². The molecule has 2 aromatic rings. The van der Waals surface area contributed by atoms with E-state index in [1.165, 1.54) is 0 Å². The summed E-state index contributed by atoms with van der Waals surface area (Å²) in [4.78, 5) is 0. The SMILES string of the molecule is O.Oc1ccccc1.c1ccccc1. The molecule has 0 spiro atoms. The molecule has 0 radical (unpaired) electrons. The molecule has 0 aliphatic heterocycles. The van der Waals surface area contributed by atoms with Crippen molar-refractivity contribution in [2.75, 3.05) is 0 Å². The number of rotatable bonds is 0. The summed E-state index contributed by atoms with van der Waals surface area (Å²) in [6.45, 7) is 0. The van der Waals surface area contributed by atoms with Crippen molar-refractivity contribution in [3.63, 3.8) is 0 Å². The molecule has 74 valence electrons. The Balaban J connectivity index is 0.000000227. The highest BCUT2D eigenvalue weighted by molar-refractivity contribution is 5.18. The minimum absolute atomic E-state index is 0. The number of hydrogen-bond donors (Lipinski definition) is 1. The Hall–Kier alpha value is -1.80. The summed E-state index contributed by atoms with van der Waals surface area (Å²) < 4.78 is 0. The first kappa shape index (κ1) is 12.2. The standard InChI is InChI=1S/C6H6O.C6H6.H2O/c7-6-4-2-1-3-5-6;1-2-4-6-5-3-1;/h1-5,7H;1-6H;1H2. The largest absolute Gasteiger partial charge is 0.508 e. The number of phenols is 1. The van der Waals surface area contributed by atoms with Gasteiger partial charge in [0.15, 0.2) is 0 Å². The molecular weight excluding hydrogens is 176 g/mol. The summed E-state index contributed by atoms with van der Waals surface area (Å²) >= 11 is 0. The maximum absolute atomic E-state index is 8.63. The van der Waals surface area contributed by atoms with Crippen LogP contribution in [-0.2, 0) is 0 Å². The van der Waals surface area contributed by atoms with Gasteiger partial charge in [0, 0.05) is 0 Å². The maximum atomic E-state index is 8.63. The molecule has 3 N–H and O–H groups in total. The average Bonchev–Trinajstić information content (AvgIpc) is 2.22. The first-order valence-corrected chi connectivity index (χ1v) is 4.13. The fraction of sp³-hybridized carbons (Fsp3) is 0. The van der Waals surface area contributed by atoms with Crippen molar-refractivity contribution < 1.29 is 10.6 Å². The fourth-order valence-electron chi connectivity index (χ4n) is 0.813. The third-order valence-corrected chi connectivity index (χ3v) is 1.42. The van der Waals surface area contributed by atoms with Crippen molar-refractivity contribution >= 4 is 0 Å². The van der Waals surface area contributed by atoms with Crippen LogP contribution >= 0.6 is 0 Å². The molecule has 0 heterocycles. The molecule has 2 nitrogen and oxygen atoms in total. The predicted octanol–water partition coefficient (Wildman–Crippen LogP) is 2.25. The Labute approximate surface area is 83.8 Å². The predicted molar refractivity (Wildman–Crippen MR) is 58.2 cm³/mol. The van der Waals surface area contributed by atoms with Gasteiger partial charge in [0.05, 0.1) is 0 Å². The van der Waals surface area contributed by atoms with Crippen LogP contribution in [-0.4, -0.2) is 10.6 Å². The topological polar surface area (TPSA) is 51.7 Å². The first-order chi connectivity index (χ1) is 6.39. The molecule has 2 aromatic carbocycles. The summed E-state index contributed by atoms with van der Waals surface area (Å²) in [5.74, 6) is 0.322. The molecule has 14 heavy (non-hydrogen) atoms. The van der Waals surface area contributed by atoms with E-state index in [-0.39, 0.29) is 5.48 Å². The normalized spacial score (nSPS) is 7.71. The first-order valence-electron chi connectivity index (χ1n) is 4.13. The molecule has 0 unspecified atom stereocenters. The Kier molecular flexibility index (Phi) is 6.82. The second kappa shape index (κ2) is 7.83. The lowest BCUT2D eigenvalue weighted by Gasteiger charge is -1.82. The molecule has 0 atom stereocenters. The number of aromatic hydroxyl groups is 1. The fourth-order valence-corrected chi connectivity index (χ4v) is 0.813. The van der Waals surface area contributed by atoms with Gasteiger partial charge in [0.2, 0.25) is 0 Å². The van der Waals surface area contributed by atoms with Crippen LogP contribution in [0.5, 0.6) is 5.75 Å². The van der Waals surface area contributed by atoms with E-state index in [4.69, 9.17) is 5.11 Å². The molecule has 0 aliphatic rings. The molecule has 0 bridgehead atoms. The van der Waals surface area contributed by atoms with Crippen molar-refractivity contribution in [3.8, 4) is 5.75 Å². The molecule has 0 aromatic heterocycles. The number of para-hydroxylation sites is 1. The molecule has 2 rings (SSSR count). The van der Waals surface area contributed by atoms with E-state index in [2.05, 4.69) is 0 Å². The van der Waals surface area contributed by atoms with Gasteiger partial charge in [-0.15, -0.1) is 0 Å². The van der Waals surface area contributed by atoms with Crippen LogP contribution in [0.15, 0.2) is 66.7 Å².